The first kappa shape index (κ1) is 8.82. The summed E-state index contributed by atoms with van der Waals surface area (Å²) in [7, 11) is 0. The van der Waals surface area contributed by atoms with Gasteiger partial charge in [-0.15, -0.1) is 11.8 Å². The van der Waals surface area contributed by atoms with E-state index in [2.05, 4.69) is 43.3 Å². The fraction of sp³-hybridized carbons (Fsp3) is 0.364. The Morgan fingerprint density at radius 1 is 1.38 bits per heavy atom. The topological polar surface area (TPSA) is 12.4 Å². The lowest BCUT2D eigenvalue weighted by atomic mass is 10.1. The van der Waals surface area contributed by atoms with Gasteiger partial charge in [0.15, 0.2) is 0 Å². The maximum Gasteiger partial charge on any atom is 0.0762 e. The summed E-state index contributed by atoms with van der Waals surface area (Å²) in [4.78, 5) is 5.77. The fourth-order valence-corrected chi connectivity index (χ4v) is 2.42. The zero-order valence-electron chi connectivity index (χ0n) is 7.95. The molecule has 13 heavy (non-hydrogen) atoms. The molecule has 1 aromatic carbocycles. The van der Waals surface area contributed by atoms with Gasteiger partial charge in [0, 0.05) is 11.1 Å². The molecule has 0 aliphatic carbocycles. The van der Waals surface area contributed by atoms with Crippen molar-refractivity contribution in [3.8, 4) is 0 Å². The van der Waals surface area contributed by atoms with Gasteiger partial charge in [-0.05, 0) is 25.5 Å². The van der Waals surface area contributed by atoms with E-state index < -0.39 is 0 Å². The van der Waals surface area contributed by atoms with Crippen LogP contribution in [0.5, 0.6) is 0 Å². The molecular formula is C11H13NS. The quantitative estimate of drug-likeness (QED) is 0.660. The predicted octanol–water partition coefficient (Wildman–Crippen LogP) is 3.66. The van der Waals surface area contributed by atoms with Gasteiger partial charge < -0.3 is 0 Å². The Hall–Kier alpha value is -0.760. The van der Waals surface area contributed by atoms with Crippen LogP contribution in [-0.4, -0.2) is 11.0 Å². The van der Waals surface area contributed by atoms with Gasteiger partial charge in [0.1, 0.15) is 0 Å². The highest BCUT2D eigenvalue weighted by molar-refractivity contribution is 8.01. The van der Waals surface area contributed by atoms with E-state index in [4.69, 9.17) is 0 Å². The van der Waals surface area contributed by atoms with Gasteiger partial charge in [0.25, 0.3) is 0 Å². The summed E-state index contributed by atoms with van der Waals surface area (Å²) in [5.41, 5.74) is 1.11. The minimum atomic E-state index is 0.189. The molecule has 0 bridgehead atoms. The van der Waals surface area contributed by atoms with E-state index in [0.29, 0.717) is 0 Å². The highest BCUT2D eigenvalue weighted by Crippen LogP contribution is 2.42. The average Bonchev–Trinajstić information content (AvgIpc) is 2.18. The number of hydrogen-bond donors (Lipinski definition) is 0. The molecule has 2 heteroatoms. The minimum absolute atomic E-state index is 0.189. The van der Waals surface area contributed by atoms with Crippen molar-refractivity contribution in [1.29, 1.82) is 0 Å². The normalized spacial score (nSPS) is 25.7. The van der Waals surface area contributed by atoms with Gasteiger partial charge in [-0.3, -0.25) is 4.99 Å². The molecule has 0 radical (unpaired) electrons. The maximum atomic E-state index is 4.47. The highest BCUT2D eigenvalue weighted by atomic mass is 32.2. The number of thioether (sulfide) groups is 1. The third-order valence-electron chi connectivity index (χ3n) is 2.39. The Labute approximate surface area is 83.3 Å². The third-order valence-corrected chi connectivity index (χ3v) is 3.81. The molecule has 1 atom stereocenters. The van der Waals surface area contributed by atoms with E-state index in [9.17, 15) is 0 Å². The number of aliphatic imine (C=N–C) groups is 1. The third kappa shape index (κ3) is 1.63. The van der Waals surface area contributed by atoms with E-state index >= 15 is 0 Å². The minimum Gasteiger partial charge on any atom is -0.259 e. The van der Waals surface area contributed by atoms with E-state index in [1.54, 1.807) is 0 Å². The first-order valence-electron chi connectivity index (χ1n) is 4.57. The Morgan fingerprint density at radius 2 is 2.15 bits per heavy atom. The summed E-state index contributed by atoms with van der Waals surface area (Å²) in [6.07, 6.45) is 3.19. The largest absolute Gasteiger partial charge is 0.259 e. The molecule has 1 unspecified atom stereocenters. The summed E-state index contributed by atoms with van der Waals surface area (Å²) in [6.45, 7) is 4.43. The lowest BCUT2D eigenvalue weighted by Crippen LogP contribution is -2.22. The smallest absolute Gasteiger partial charge is 0.0762 e. The molecule has 0 fully saturated rings. The highest BCUT2D eigenvalue weighted by Gasteiger charge is 2.25. The molecule has 1 aromatic rings. The molecule has 2 rings (SSSR count). The molecular weight excluding hydrogens is 178 g/mol. The number of rotatable bonds is 1. The van der Waals surface area contributed by atoms with Gasteiger partial charge >= 0.3 is 0 Å². The summed E-state index contributed by atoms with van der Waals surface area (Å²) in [5.74, 6) is 0. The molecule has 1 aliphatic rings. The van der Waals surface area contributed by atoms with Crippen molar-refractivity contribution in [1.82, 2.24) is 0 Å². The number of fused-ring (bicyclic) bond motifs is 1. The number of para-hydroxylation sites is 1. The lowest BCUT2D eigenvalue weighted by molar-refractivity contribution is 0.804. The zero-order chi connectivity index (χ0) is 9.31. The van der Waals surface area contributed by atoms with Gasteiger partial charge in [-0.25, -0.2) is 0 Å². The van der Waals surface area contributed by atoms with Crippen LogP contribution >= 0.6 is 11.8 Å². The van der Waals surface area contributed by atoms with Crippen LogP contribution in [0.1, 0.15) is 20.3 Å². The van der Waals surface area contributed by atoms with Crippen LogP contribution in [0.2, 0.25) is 0 Å². The lowest BCUT2D eigenvalue weighted by Gasteiger charge is -2.26. The average molecular weight is 191 g/mol. The van der Waals surface area contributed by atoms with Crippen LogP contribution in [0.25, 0.3) is 0 Å². The summed E-state index contributed by atoms with van der Waals surface area (Å²) in [6, 6.07) is 8.31. The van der Waals surface area contributed by atoms with E-state index in [1.807, 2.05) is 17.8 Å². The van der Waals surface area contributed by atoms with Gasteiger partial charge in [-0.2, -0.15) is 0 Å². The molecule has 0 spiro atoms. The summed E-state index contributed by atoms with van der Waals surface area (Å²) in [5, 5.41) is 0. The van der Waals surface area contributed by atoms with Crippen LogP contribution in [0.15, 0.2) is 34.2 Å². The number of benzene rings is 1. The van der Waals surface area contributed by atoms with Crippen molar-refractivity contribution in [2.75, 3.05) is 0 Å². The molecule has 0 saturated carbocycles. The second-order valence-corrected chi connectivity index (χ2v) is 5.07. The number of hydrogen-bond acceptors (Lipinski definition) is 2. The molecule has 1 nitrogen and oxygen atoms in total. The molecule has 0 amide bonds. The van der Waals surface area contributed by atoms with Gasteiger partial charge in [0.05, 0.1) is 10.4 Å². The van der Waals surface area contributed by atoms with Crippen molar-refractivity contribution in [2.45, 2.75) is 29.9 Å². The van der Waals surface area contributed by atoms with Gasteiger partial charge in [-0.1, -0.05) is 19.1 Å². The maximum absolute atomic E-state index is 4.47. The molecule has 0 N–H and O–H groups in total. The van der Waals surface area contributed by atoms with Crippen molar-refractivity contribution in [3.05, 3.63) is 24.3 Å². The summed E-state index contributed by atoms with van der Waals surface area (Å²) < 4.78 is 0.189. The molecule has 68 valence electrons. The standard InChI is InChI=1S/C11H13NS/c1-3-11(2)8-12-9-6-4-5-7-10(9)13-11/h4-8H,3H2,1-2H3. The van der Waals surface area contributed by atoms with E-state index in [-0.39, 0.29) is 4.75 Å². The Morgan fingerprint density at radius 3 is 2.92 bits per heavy atom. The Balaban J connectivity index is 2.39. The SMILES string of the molecule is CCC1(C)C=Nc2ccccc2S1. The van der Waals surface area contributed by atoms with Crippen LogP contribution in [0.3, 0.4) is 0 Å². The molecule has 0 saturated heterocycles. The Kier molecular flexibility index (Phi) is 2.16. The van der Waals surface area contributed by atoms with Crippen molar-refractivity contribution >= 4 is 23.7 Å². The van der Waals surface area contributed by atoms with Crippen LogP contribution < -0.4 is 0 Å². The predicted molar refractivity (Wildman–Crippen MR) is 59.1 cm³/mol. The molecule has 1 heterocycles. The van der Waals surface area contributed by atoms with Crippen molar-refractivity contribution < 1.29 is 0 Å². The summed E-state index contributed by atoms with van der Waals surface area (Å²) >= 11 is 1.91. The van der Waals surface area contributed by atoms with Crippen LogP contribution in [0, 0.1) is 0 Å². The fourth-order valence-electron chi connectivity index (χ4n) is 1.30. The van der Waals surface area contributed by atoms with Gasteiger partial charge in [0.2, 0.25) is 0 Å². The molecule has 1 aliphatic heterocycles. The van der Waals surface area contributed by atoms with Crippen LogP contribution in [-0.2, 0) is 0 Å². The van der Waals surface area contributed by atoms with Crippen LogP contribution in [0.4, 0.5) is 5.69 Å². The first-order chi connectivity index (χ1) is 6.23. The first-order valence-corrected chi connectivity index (χ1v) is 5.38. The zero-order valence-corrected chi connectivity index (χ0v) is 8.77. The van der Waals surface area contributed by atoms with E-state index in [0.717, 1.165) is 12.1 Å². The molecule has 0 aromatic heterocycles. The van der Waals surface area contributed by atoms with Crippen molar-refractivity contribution in [3.63, 3.8) is 0 Å². The number of nitrogens with zero attached hydrogens (tertiary/aromatic N) is 1. The second-order valence-electron chi connectivity index (χ2n) is 3.49. The monoisotopic (exact) mass is 191 g/mol. The second kappa shape index (κ2) is 3.18. The van der Waals surface area contributed by atoms with E-state index in [1.165, 1.54) is 4.90 Å². The van der Waals surface area contributed by atoms with Crippen molar-refractivity contribution in [2.24, 2.45) is 4.99 Å². The Bertz CT molecular complexity index is 346.